The third-order valence-electron chi connectivity index (χ3n) is 2.22. The molecule has 0 bridgehead atoms. The molecule has 0 aromatic heterocycles. The van der Waals surface area contributed by atoms with E-state index in [2.05, 4.69) is 0 Å². The molecule has 15 heavy (non-hydrogen) atoms. The smallest absolute Gasteiger partial charge is 0.251 e. The summed E-state index contributed by atoms with van der Waals surface area (Å²) in [5.41, 5.74) is 5.34. The maximum absolute atomic E-state index is 12.1. The Hall–Kier alpha value is -0.260. The van der Waals surface area contributed by atoms with Gasteiger partial charge in [0.15, 0.2) is 0 Å². The van der Waals surface area contributed by atoms with Crippen molar-refractivity contribution in [2.75, 3.05) is 32.8 Å². The first kappa shape index (κ1) is 14.7. The van der Waals surface area contributed by atoms with Crippen molar-refractivity contribution < 1.29 is 13.9 Å². The molecule has 0 saturated heterocycles. The molecule has 0 unspecified atom stereocenters. The van der Waals surface area contributed by atoms with Crippen molar-refractivity contribution in [2.24, 2.45) is 5.73 Å². The Morgan fingerprint density at radius 1 is 1.07 bits per heavy atom. The molecule has 3 N–H and O–H groups in total. The number of nitrogens with zero attached hydrogens (tertiary/aromatic N) is 1. The van der Waals surface area contributed by atoms with E-state index in [1.54, 1.807) is 4.90 Å². The van der Waals surface area contributed by atoms with Gasteiger partial charge in [-0.3, -0.25) is 4.90 Å². The molecular formula is C10H22F2N2O. The second-order valence-corrected chi connectivity index (χ2v) is 3.62. The van der Waals surface area contributed by atoms with Crippen LogP contribution in [-0.4, -0.2) is 49.2 Å². The van der Waals surface area contributed by atoms with E-state index in [-0.39, 0.29) is 13.2 Å². The molecule has 0 spiro atoms. The summed E-state index contributed by atoms with van der Waals surface area (Å²) in [7, 11) is 0. The molecule has 92 valence electrons. The van der Waals surface area contributed by atoms with Crippen molar-refractivity contribution >= 4 is 0 Å². The first-order chi connectivity index (χ1) is 7.20. The highest BCUT2D eigenvalue weighted by Gasteiger charge is 2.10. The second-order valence-electron chi connectivity index (χ2n) is 3.62. The van der Waals surface area contributed by atoms with Crippen LogP contribution < -0.4 is 5.73 Å². The zero-order valence-corrected chi connectivity index (χ0v) is 9.17. The Kier molecular flexibility index (Phi) is 10.1. The molecule has 0 radical (unpaired) electrons. The molecule has 0 heterocycles. The van der Waals surface area contributed by atoms with Crippen LogP contribution >= 0.6 is 0 Å². The lowest BCUT2D eigenvalue weighted by atomic mass is 10.2. The maximum Gasteiger partial charge on any atom is 0.251 e. The third kappa shape index (κ3) is 10.0. The van der Waals surface area contributed by atoms with Gasteiger partial charge < -0.3 is 10.8 Å². The Balaban J connectivity index is 3.47. The minimum absolute atomic E-state index is 0.183. The standard InChI is InChI=1S/C10H22F2N2O/c11-10(12)9-14(7-5-13)6-3-1-2-4-8-15/h10,15H,1-9,13H2. The van der Waals surface area contributed by atoms with Crippen LogP contribution in [0.2, 0.25) is 0 Å². The molecular weight excluding hydrogens is 202 g/mol. The molecule has 0 aliphatic carbocycles. The first-order valence-corrected chi connectivity index (χ1v) is 5.52. The zero-order chi connectivity index (χ0) is 11.5. The minimum atomic E-state index is -2.28. The normalized spacial score (nSPS) is 11.6. The van der Waals surface area contributed by atoms with Gasteiger partial charge in [-0.25, -0.2) is 8.78 Å². The summed E-state index contributed by atoms with van der Waals surface area (Å²) < 4.78 is 24.2. The number of nitrogens with two attached hydrogens (primary N) is 1. The van der Waals surface area contributed by atoms with Gasteiger partial charge in [0.1, 0.15) is 0 Å². The van der Waals surface area contributed by atoms with Crippen LogP contribution in [-0.2, 0) is 0 Å². The van der Waals surface area contributed by atoms with E-state index in [4.69, 9.17) is 10.8 Å². The molecule has 0 aliphatic rings. The van der Waals surface area contributed by atoms with E-state index in [1.807, 2.05) is 0 Å². The SMILES string of the molecule is NCCN(CCCCCCO)CC(F)F. The second kappa shape index (κ2) is 10.3. The van der Waals surface area contributed by atoms with Gasteiger partial charge in [0.2, 0.25) is 0 Å². The number of hydrogen-bond donors (Lipinski definition) is 2. The number of aliphatic hydroxyl groups excluding tert-OH is 1. The van der Waals surface area contributed by atoms with Crippen LogP contribution in [0.15, 0.2) is 0 Å². The average Bonchev–Trinajstić information content (AvgIpc) is 2.17. The summed E-state index contributed by atoms with van der Waals surface area (Å²) in [6, 6.07) is 0. The van der Waals surface area contributed by atoms with E-state index in [1.165, 1.54) is 0 Å². The number of unbranched alkanes of at least 4 members (excludes halogenated alkanes) is 3. The predicted molar refractivity (Wildman–Crippen MR) is 57.1 cm³/mol. The summed E-state index contributed by atoms with van der Waals surface area (Å²) in [6.45, 7) is 1.65. The van der Waals surface area contributed by atoms with E-state index in [9.17, 15) is 8.78 Å². The topological polar surface area (TPSA) is 49.5 Å². The van der Waals surface area contributed by atoms with Crippen molar-refractivity contribution in [3.63, 3.8) is 0 Å². The summed E-state index contributed by atoms with van der Waals surface area (Å²) >= 11 is 0. The fraction of sp³-hybridized carbons (Fsp3) is 1.00. The molecule has 0 saturated carbocycles. The van der Waals surface area contributed by atoms with Gasteiger partial charge in [0.05, 0.1) is 6.54 Å². The van der Waals surface area contributed by atoms with Gasteiger partial charge in [0, 0.05) is 19.7 Å². The number of rotatable bonds is 10. The molecule has 0 rings (SSSR count). The number of halogens is 2. The summed E-state index contributed by atoms with van der Waals surface area (Å²) in [5, 5.41) is 8.55. The van der Waals surface area contributed by atoms with E-state index < -0.39 is 6.43 Å². The van der Waals surface area contributed by atoms with Crippen LogP contribution in [0.3, 0.4) is 0 Å². The Morgan fingerprint density at radius 3 is 2.27 bits per heavy atom. The lowest BCUT2D eigenvalue weighted by Crippen LogP contribution is -2.34. The monoisotopic (exact) mass is 224 g/mol. The van der Waals surface area contributed by atoms with Crippen molar-refractivity contribution in [2.45, 2.75) is 32.1 Å². The van der Waals surface area contributed by atoms with E-state index >= 15 is 0 Å². The van der Waals surface area contributed by atoms with Crippen molar-refractivity contribution in [3.8, 4) is 0 Å². The van der Waals surface area contributed by atoms with Crippen LogP contribution in [0.1, 0.15) is 25.7 Å². The average molecular weight is 224 g/mol. The first-order valence-electron chi connectivity index (χ1n) is 5.52. The highest BCUT2D eigenvalue weighted by atomic mass is 19.3. The number of alkyl halides is 2. The summed E-state index contributed by atoms with van der Waals surface area (Å²) in [4.78, 5) is 1.70. The fourth-order valence-corrected chi connectivity index (χ4v) is 1.47. The summed E-state index contributed by atoms with van der Waals surface area (Å²) in [6.07, 6.45) is 1.35. The Morgan fingerprint density at radius 2 is 1.73 bits per heavy atom. The molecule has 0 amide bonds. The largest absolute Gasteiger partial charge is 0.396 e. The maximum atomic E-state index is 12.1. The Bertz CT molecular complexity index is 137. The molecule has 0 aliphatic heterocycles. The van der Waals surface area contributed by atoms with Gasteiger partial charge in [-0.1, -0.05) is 12.8 Å². The minimum Gasteiger partial charge on any atom is -0.396 e. The number of hydrogen-bond acceptors (Lipinski definition) is 3. The van der Waals surface area contributed by atoms with Crippen LogP contribution in [0, 0.1) is 0 Å². The van der Waals surface area contributed by atoms with Gasteiger partial charge in [0.25, 0.3) is 6.43 Å². The third-order valence-corrected chi connectivity index (χ3v) is 2.22. The van der Waals surface area contributed by atoms with E-state index in [0.717, 1.165) is 25.7 Å². The predicted octanol–water partition coefficient (Wildman–Crippen LogP) is 1.06. The fourth-order valence-electron chi connectivity index (χ4n) is 1.47. The lowest BCUT2D eigenvalue weighted by Gasteiger charge is -2.20. The van der Waals surface area contributed by atoms with Crippen LogP contribution in [0.4, 0.5) is 8.78 Å². The highest BCUT2D eigenvalue weighted by molar-refractivity contribution is 4.60. The molecule has 0 aromatic carbocycles. The van der Waals surface area contributed by atoms with Crippen LogP contribution in [0.25, 0.3) is 0 Å². The highest BCUT2D eigenvalue weighted by Crippen LogP contribution is 2.03. The van der Waals surface area contributed by atoms with Gasteiger partial charge in [-0.05, 0) is 19.4 Å². The van der Waals surface area contributed by atoms with E-state index in [0.29, 0.717) is 19.6 Å². The van der Waals surface area contributed by atoms with Crippen molar-refractivity contribution in [3.05, 3.63) is 0 Å². The van der Waals surface area contributed by atoms with Crippen molar-refractivity contribution in [1.82, 2.24) is 4.90 Å². The molecule has 5 heteroatoms. The zero-order valence-electron chi connectivity index (χ0n) is 9.17. The van der Waals surface area contributed by atoms with Gasteiger partial charge in [-0.2, -0.15) is 0 Å². The van der Waals surface area contributed by atoms with Gasteiger partial charge in [-0.15, -0.1) is 0 Å². The molecule has 0 fully saturated rings. The number of aliphatic hydroxyl groups is 1. The quantitative estimate of drug-likeness (QED) is 0.546. The van der Waals surface area contributed by atoms with Crippen molar-refractivity contribution in [1.29, 1.82) is 0 Å². The van der Waals surface area contributed by atoms with Gasteiger partial charge >= 0.3 is 0 Å². The summed E-state index contributed by atoms with van der Waals surface area (Å²) in [5.74, 6) is 0. The molecule has 0 aromatic rings. The molecule has 3 nitrogen and oxygen atoms in total. The molecule has 0 atom stereocenters. The Labute approximate surface area is 90.2 Å². The lowest BCUT2D eigenvalue weighted by molar-refractivity contribution is 0.0886. The van der Waals surface area contributed by atoms with Crippen LogP contribution in [0.5, 0.6) is 0 Å².